The smallest absolute Gasteiger partial charge is 0.248 e. The van der Waals surface area contributed by atoms with Crippen molar-refractivity contribution in [2.24, 2.45) is 0 Å². The summed E-state index contributed by atoms with van der Waals surface area (Å²) < 4.78 is 5.39. The Balaban J connectivity index is 1.56. The highest BCUT2D eigenvalue weighted by atomic mass is 16.5. The second-order valence-corrected chi connectivity index (χ2v) is 6.02. The van der Waals surface area contributed by atoms with Crippen molar-refractivity contribution in [3.8, 4) is 5.75 Å². The van der Waals surface area contributed by atoms with E-state index in [-0.39, 0.29) is 11.8 Å². The fourth-order valence-electron chi connectivity index (χ4n) is 2.84. The van der Waals surface area contributed by atoms with Gasteiger partial charge in [-0.15, -0.1) is 0 Å². The van der Waals surface area contributed by atoms with Gasteiger partial charge in [0.05, 0.1) is 6.61 Å². The van der Waals surface area contributed by atoms with Crippen molar-refractivity contribution < 1.29 is 14.3 Å². The van der Waals surface area contributed by atoms with Crippen LogP contribution in [0, 0.1) is 0 Å². The Bertz CT molecular complexity index is 795. The number of carbonyl (C=O) groups is 2. The molecule has 1 saturated heterocycles. The second kappa shape index (κ2) is 8.34. The van der Waals surface area contributed by atoms with E-state index in [1.165, 1.54) is 6.08 Å². The molecule has 0 bridgehead atoms. The van der Waals surface area contributed by atoms with E-state index in [9.17, 15) is 9.59 Å². The highest BCUT2D eigenvalue weighted by Crippen LogP contribution is 2.23. The number of benzene rings is 2. The predicted molar refractivity (Wildman–Crippen MR) is 103 cm³/mol. The van der Waals surface area contributed by atoms with E-state index in [1.807, 2.05) is 55.5 Å². The van der Waals surface area contributed by atoms with Crippen molar-refractivity contribution in [3.05, 3.63) is 60.2 Å². The highest BCUT2D eigenvalue weighted by Gasteiger charge is 2.21. The molecular weight excluding hydrogens is 328 g/mol. The van der Waals surface area contributed by atoms with Crippen molar-refractivity contribution in [3.63, 3.8) is 0 Å². The zero-order valence-electron chi connectivity index (χ0n) is 14.8. The maximum absolute atomic E-state index is 12.1. The minimum atomic E-state index is -0.205. The Morgan fingerprint density at radius 2 is 1.88 bits per heavy atom. The molecule has 1 N–H and O–H groups in total. The summed E-state index contributed by atoms with van der Waals surface area (Å²) in [6.07, 6.45) is 4.75. The van der Waals surface area contributed by atoms with Crippen molar-refractivity contribution in [2.75, 3.05) is 23.4 Å². The molecule has 2 amide bonds. The molecule has 0 aromatic heterocycles. The molecule has 2 aromatic rings. The van der Waals surface area contributed by atoms with Gasteiger partial charge >= 0.3 is 0 Å². The third-order valence-electron chi connectivity index (χ3n) is 4.14. The van der Waals surface area contributed by atoms with Gasteiger partial charge in [-0.3, -0.25) is 9.59 Å². The maximum atomic E-state index is 12.1. The minimum Gasteiger partial charge on any atom is -0.494 e. The molecule has 0 saturated carbocycles. The number of rotatable bonds is 6. The summed E-state index contributed by atoms with van der Waals surface area (Å²) in [7, 11) is 0. The second-order valence-electron chi connectivity index (χ2n) is 6.02. The normalized spacial score (nSPS) is 14.0. The summed E-state index contributed by atoms with van der Waals surface area (Å²) in [5.41, 5.74) is 2.49. The molecule has 1 fully saturated rings. The lowest BCUT2D eigenvalue weighted by Gasteiger charge is -2.15. The number of ether oxygens (including phenoxy) is 1. The lowest BCUT2D eigenvalue weighted by Crippen LogP contribution is -2.23. The molecule has 0 aliphatic carbocycles. The van der Waals surface area contributed by atoms with Crippen molar-refractivity contribution in [1.82, 2.24) is 0 Å². The SMILES string of the molecule is CCOc1ccc(/C=C/C(=O)Nc2ccc(N3CCCC3=O)cc2)cc1. The Morgan fingerprint density at radius 3 is 2.50 bits per heavy atom. The fraction of sp³-hybridized carbons (Fsp3) is 0.238. The molecule has 3 rings (SSSR count). The van der Waals surface area contributed by atoms with Crippen LogP contribution in [0.1, 0.15) is 25.3 Å². The zero-order chi connectivity index (χ0) is 18.4. The first-order valence-corrected chi connectivity index (χ1v) is 8.78. The standard InChI is InChI=1S/C21H22N2O3/c1-2-26-19-12-5-16(6-13-19)7-14-20(24)22-17-8-10-18(11-9-17)23-15-3-4-21(23)25/h5-14H,2-4,15H2,1H3,(H,22,24)/b14-7+. The number of nitrogens with zero attached hydrogens (tertiary/aromatic N) is 1. The molecule has 0 spiro atoms. The maximum Gasteiger partial charge on any atom is 0.248 e. The monoisotopic (exact) mass is 350 g/mol. The van der Waals surface area contributed by atoms with E-state index in [2.05, 4.69) is 5.32 Å². The van der Waals surface area contributed by atoms with Crippen LogP contribution >= 0.6 is 0 Å². The van der Waals surface area contributed by atoms with Crippen LogP contribution in [-0.4, -0.2) is 25.0 Å². The van der Waals surface area contributed by atoms with Crippen molar-refractivity contribution >= 4 is 29.3 Å². The fourth-order valence-corrected chi connectivity index (χ4v) is 2.84. The summed E-state index contributed by atoms with van der Waals surface area (Å²) >= 11 is 0. The van der Waals surface area contributed by atoms with Crippen LogP contribution < -0.4 is 15.0 Å². The van der Waals surface area contributed by atoms with Crippen LogP contribution in [-0.2, 0) is 9.59 Å². The first-order valence-electron chi connectivity index (χ1n) is 8.78. The van der Waals surface area contributed by atoms with Crippen LogP contribution in [0.4, 0.5) is 11.4 Å². The molecule has 1 aliphatic heterocycles. The summed E-state index contributed by atoms with van der Waals surface area (Å²) in [6, 6.07) is 14.9. The Hall–Kier alpha value is -3.08. The van der Waals surface area contributed by atoms with Gasteiger partial charge in [-0.05, 0) is 61.4 Å². The average molecular weight is 350 g/mol. The van der Waals surface area contributed by atoms with Crippen LogP contribution in [0.2, 0.25) is 0 Å². The van der Waals surface area contributed by atoms with E-state index in [0.717, 1.165) is 30.0 Å². The van der Waals surface area contributed by atoms with Crippen molar-refractivity contribution in [2.45, 2.75) is 19.8 Å². The van der Waals surface area contributed by atoms with E-state index >= 15 is 0 Å². The number of hydrogen-bond donors (Lipinski definition) is 1. The zero-order valence-corrected chi connectivity index (χ0v) is 14.8. The van der Waals surface area contributed by atoms with Gasteiger partial charge in [-0.1, -0.05) is 12.1 Å². The molecule has 134 valence electrons. The van der Waals surface area contributed by atoms with Crippen LogP contribution in [0.15, 0.2) is 54.6 Å². The first-order chi connectivity index (χ1) is 12.7. The third-order valence-corrected chi connectivity index (χ3v) is 4.14. The van der Waals surface area contributed by atoms with Crippen LogP contribution in [0.5, 0.6) is 5.75 Å². The molecule has 0 atom stereocenters. The lowest BCUT2D eigenvalue weighted by atomic mass is 10.2. The highest BCUT2D eigenvalue weighted by molar-refractivity contribution is 6.02. The number of nitrogens with one attached hydrogen (secondary N) is 1. The summed E-state index contributed by atoms with van der Waals surface area (Å²) in [5.74, 6) is 0.759. The van der Waals surface area contributed by atoms with Gasteiger partial charge in [0.1, 0.15) is 5.75 Å². The quantitative estimate of drug-likeness (QED) is 0.805. The third kappa shape index (κ3) is 4.51. The largest absolute Gasteiger partial charge is 0.494 e. The molecule has 5 heteroatoms. The van der Waals surface area contributed by atoms with Gasteiger partial charge in [0.25, 0.3) is 0 Å². The summed E-state index contributed by atoms with van der Waals surface area (Å²) in [4.78, 5) is 25.6. The molecule has 0 unspecified atom stereocenters. The molecular formula is C21H22N2O3. The van der Waals surface area contributed by atoms with Crippen LogP contribution in [0.25, 0.3) is 6.08 Å². The summed E-state index contributed by atoms with van der Waals surface area (Å²) in [6.45, 7) is 3.32. The number of anilines is 2. The predicted octanol–water partition coefficient (Wildman–Crippen LogP) is 3.86. The van der Waals surface area contributed by atoms with E-state index < -0.39 is 0 Å². The van der Waals surface area contributed by atoms with Gasteiger partial charge in [-0.2, -0.15) is 0 Å². The minimum absolute atomic E-state index is 0.153. The van der Waals surface area contributed by atoms with Crippen LogP contribution in [0.3, 0.4) is 0 Å². The number of amides is 2. The van der Waals surface area contributed by atoms with E-state index in [1.54, 1.807) is 11.0 Å². The Kier molecular flexibility index (Phi) is 5.69. The molecule has 2 aromatic carbocycles. The van der Waals surface area contributed by atoms with Gasteiger partial charge < -0.3 is 15.0 Å². The molecule has 1 heterocycles. The van der Waals surface area contributed by atoms with E-state index in [0.29, 0.717) is 18.7 Å². The summed E-state index contributed by atoms with van der Waals surface area (Å²) in [5, 5.41) is 2.82. The number of hydrogen-bond acceptors (Lipinski definition) is 3. The molecule has 26 heavy (non-hydrogen) atoms. The van der Waals surface area contributed by atoms with Gasteiger partial charge in [-0.25, -0.2) is 0 Å². The topological polar surface area (TPSA) is 58.6 Å². The molecule has 0 radical (unpaired) electrons. The average Bonchev–Trinajstić information content (AvgIpc) is 3.08. The Morgan fingerprint density at radius 1 is 1.15 bits per heavy atom. The van der Waals surface area contributed by atoms with E-state index in [4.69, 9.17) is 4.74 Å². The molecule has 1 aliphatic rings. The first kappa shape index (κ1) is 17.7. The van der Waals surface area contributed by atoms with Gasteiger partial charge in [0.15, 0.2) is 0 Å². The number of carbonyl (C=O) groups excluding carboxylic acids is 2. The molecule has 5 nitrogen and oxygen atoms in total. The lowest BCUT2D eigenvalue weighted by molar-refractivity contribution is -0.117. The van der Waals surface area contributed by atoms with Gasteiger partial charge in [0.2, 0.25) is 11.8 Å². The van der Waals surface area contributed by atoms with Crippen molar-refractivity contribution in [1.29, 1.82) is 0 Å². The van der Waals surface area contributed by atoms with Gasteiger partial charge in [0, 0.05) is 30.4 Å². The Labute approximate surface area is 153 Å².